The van der Waals surface area contributed by atoms with Crippen LogP contribution in [-0.2, 0) is 17.2 Å². The van der Waals surface area contributed by atoms with Crippen LogP contribution >= 0.6 is 23.2 Å². The van der Waals surface area contributed by atoms with Gasteiger partial charge in [0.05, 0.1) is 10.9 Å². The molecule has 3 heterocycles. The van der Waals surface area contributed by atoms with E-state index in [1.54, 1.807) is 16.8 Å². The van der Waals surface area contributed by atoms with Crippen LogP contribution in [-0.4, -0.2) is 38.4 Å². The van der Waals surface area contributed by atoms with Gasteiger partial charge >= 0.3 is 0 Å². The lowest BCUT2D eigenvalue weighted by atomic mass is 10.1. The summed E-state index contributed by atoms with van der Waals surface area (Å²) in [6, 6.07) is 1.74. The Morgan fingerprint density at radius 3 is 2.76 bits per heavy atom. The summed E-state index contributed by atoms with van der Waals surface area (Å²) in [4.78, 5) is 23.0. The van der Waals surface area contributed by atoms with Gasteiger partial charge in [0, 0.05) is 19.3 Å². The zero-order valence-corrected chi connectivity index (χ0v) is 13.1. The molecule has 0 atom stereocenters. The summed E-state index contributed by atoms with van der Waals surface area (Å²) in [5.74, 6) is 0.977. The molecule has 7 heteroatoms. The number of likely N-dealkylation sites (tertiary alicyclic amines) is 1. The van der Waals surface area contributed by atoms with Gasteiger partial charge in [0.1, 0.15) is 17.9 Å². The van der Waals surface area contributed by atoms with Gasteiger partial charge < -0.3 is 9.47 Å². The second-order valence-corrected chi connectivity index (χ2v) is 5.89. The van der Waals surface area contributed by atoms with Crippen molar-refractivity contribution >= 4 is 40.3 Å². The molecule has 1 amide bonds. The van der Waals surface area contributed by atoms with E-state index in [-0.39, 0.29) is 18.3 Å². The summed E-state index contributed by atoms with van der Waals surface area (Å²) in [5, 5.41) is 0.524. The van der Waals surface area contributed by atoms with E-state index in [2.05, 4.69) is 9.97 Å². The second kappa shape index (κ2) is 6.20. The van der Waals surface area contributed by atoms with E-state index < -0.39 is 0 Å². The molecule has 2 aromatic rings. The highest BCUT2D eigenvalue weighted by atomic mass is 35.5. The van der Waals surface area contributed by atoms with Crippen molar-refractivity contribution in [1.82, 2.24) is 19.4 Å². The highest BCUT2D eigenvalue weighted by molar-refractivity contribution is 6.31. The molecule has 0 N–H and O–H groups in total. The van der Waals surface area contributed by atoms with Crippen molar-refractivity contribution in [2.75, 3.05) is 13.1 Å². The van der Waals surface area contributed by atoms with Crippen molar-refractivity contribution in [1.29, 1.82) is 0 Å². The first-order valence-corrected chi connectivity index (χ1v) is 7.94. The van der Waals surface area contributed by atoms with Crippen LogP contribution in [0.2, 0.25) is 5.02 Å². The van der Waals surface area contributed by atoms with Gasteiger partial charge in [-0.1, -0.05) is 11.6 Å². The molecule has 0 radical (unpaired) electrons. The van der Waals surface area contributed by atoms with Gasteiger partial charge in [-0.2, -0.15) is 0 Å². The quantitative estimate of drug-likeness (QED) is 0.815. The fraction of sp³-hybridized carbons (Fsp3) is 0.500. The molecule has 0 spiro atoms. The summed E-state index contributed by atoms with van der Waals surface area (Å²) >= 11 is 11.9. The van der Waals surface area contributed by atoms with Crippen molar-refractivity contribution in [2.24, 2.45) is 0 Å². The first-order chi connectivity index (χ1) is 10.2. The minimum Gasteiger partial charge on any atom is -0.341 e. The molecule has 3 rings (SSSR count). The summed E-state index contributed by atoms with van der Waals surface area (Å²) in [7, 11) is 0. The third-order valence-electron chi connectivity index (χ3n) is 3.75. The van der Waals surface area contributed by atoms with Crippen molar-refractivity contribution in [3.63, 3.8) is 0 Å². The van der Waals surface area contributed by atoms with E-state index in [0.29, 0.717) is 22.0 Å². The lowest BCUT2D eigenvalue weighted by Crippen LogP contribution is -2.38. The van der Waals surface area contributed by atoms with Crippen LogP contribution in [0.3, 0.4) is 0 Å². The molecule has 0 saturated carbocycles. The van der Waals surface area contributed by atoms with Gasteiger partial charge in [-0.15, -0.1) is 11.6 Å². The Bertz CT molecular complexity index is 664. The first kappa shape index (κ1) is 14.6. The van der Waals surface area contributed by atoms with Crippen LogP contribution in [0.4, 0.5) is 0 Å². The SMILES string of the molecule is O=C(Cn1c(CCl)nc2cc(Cl)cnc21)N1CCCCC1. The van der Waals surface area contributed by atoms with E-state index >= 15 is 0 Å². The molecule has 0 aliphatic carbocycles. The molecular formula is C14H16Cl2N4O. The van der Waals surface area contributed by atoms with Crippen molar-refractivity contribution in [2.45, 2.75) is 31.7 Å². The first-order valence-electron chi connectivity index (χ1n) is 7.03. The van der Waals surface area contributed by atoms with Crippen LogP contribution in [0.5, 0.6) is 0 Å². The van der Waals surface area contributed by atoms with Crippen LogP contribution in [0.1, 0.15) is 25.1 Å². The number of rotatable bonds is 3. The lowest BCUT2D eigenvalue weighted by Gasteiger charge is -2.27. The van der Waals surface area contributed by atoms with Gasteiger partial charge in [-0.25, -0.2) is 9.97 Å². The standard InChI is InChI=1S/C14H16Cl2N4O/c15-7-12-18-11-6-10(16)8-17-14(11)20(12)9-13(21)19-4-2-1-3-5-19/h6,8H,1-5,7,9H2. The van der Waals surface area contributed by atoms with Crippen LogP contribution in [0, 0.1) is 0 Å². The number of imidazole rings is 1. The molecule has 1 aliphatic heterocycles. The van der Waals surface area contributed by atoms with Gasteiger partial charge in [0.15, 0.2) is 5.65 Å². The van der Waals surface area contributed by atoms with Crippen molar-refractivity contribution in [3.8, 4) is 0 Å². The van der Waals surface area contributed by atoms with Gasteiger partial charge in [0.2, 0.25) is 5.91 Å². The van der Waals surface area contributed by atoms with Gasteiger partial charge in [0.25, 0.3) is 0 Å². The third-order valence-corrected chi connectivity index (χ3v) is 4.20. The molecule has 1 saturated heterocycles. The minimum absolute atomic E-state index is 0.0946. The highest BCUT2D eigenvalue weighted by Crippen LogP contribution is 2.20. The summed E-state index contributed by atoms with van der Waals surface area (Å²) < 4.78 is 1.79. The molecule has 112 valence electrons. The zero-order chi connectivity index (χ0) is 14.8. The maximum atomic E-state index is 12.4. The zero-order valence-electron chi connectivity index (χ0n) is 11.6. The van der Waals surface area contributed by atoms with Crippen LogP contribution in [0.15, 0.2) is 12.3 Å². The lowest BCUT2D eigenvalue weighted by molar-refractivity contribution is -0.132. The summed E-state index contributed by atoms with van der Waals surface area (Å²) in [5.41, 5.74) is 1.32. The van der Waals surface area contributed by atoms with E-state index in [0.717, 1.165) is 25.9 Å². The minimum atomic E-state index is 0.0946. The average Bonchev–Trinajstić information content (AvgIpc) is 2.85. The number of pyridine rings is 1. The van der Waals surface area contributed by atoms with Crippen molar-refractivity contribution in [3.05, 3.63) is 23.1 Å². The molecule has 2 aromatic heterocycles. The molecule has 5 nitrogen and oxygen atoms in total. The molecule has 0 bridgehead atoms. The number of alkyl halides is 1. The number of aromatic nitrogens is 3. The third kappa shape index (κ3) is 2.99. The largest absolute Gasteiger partial charge is 0.341 e. The number of carbonyl (C=O) groups excluding carboxylic acids is 1. The Hall–Kier alpha value is -1.33. The number of fused-ring (bicyclic) bond motifs is 1. The maximum absolute atomic E-state index is 12.4. The van der Waals surface area contributed by atoms with Gasteiger partial charge in [-0.3, -0.25) is 4.79 Å². The fourth-order valence-corrected chi connectivity index (χ4v) is 3.04. The molecule has 1 fully saturated rings. The van der Waals surface area contributed by atoms with Crippen LogP contribution in [0.25, 0.3) is 11.2 Å². The van der Waals surface area contributed by atoms with Crippen molar-refractivity contribution < 1.29 is 4.79 Å². The number of amides is 1. The van der Waals surface area contributed by atoms with Crippen LogP contribution < -0.4 is 0 Å². The number of halogens is 2. The predicted molar refractivity (Wildman–Crippen MR) is 82.5 cm³/mol. The monoisotopic (exact) mass is 326 g/mol. The Balaban J connectivity index is 1.89. The van der Waals surface area contributed by atoms with Gasteiger partial charge in [-0.05, 0) is 25.3 Å². The molecule has 1 aliphatic rings. The number of piperidine rings is 1. The van der Waals surface area contributed by atoms with E-state index in [9.17, 15) is 4.79 Å². The summed E-state index contributed by atoms with van der Waals surface area (Å²) in [6.07, 6.45) is 4.91. The number of carbonyl (C=O) groups is 1. The fourth-order valence-electron chi connectivity index (χ4n) is 2.68. The van der Waals surface area contributed by atoms with E-state index in [1.165, 1.54) is 6.42 Å². The smallest absolute Gasteiger partial charge is 0.242 e. The highest BCUT2D eigenvalue weighted by Gasteiger charge is 2.20. The number of nitrogens with zero attached hydrogens (tertiary/aromatic N) is 4. The average molecular weight is 327 g/mol. The Labute approximate surface area is 132 Å². The predicted octanol–water partition coefficient (Wildman–Crippen LogP) is 2.84. The normalized spacial score (nSPS) is 15.6. The topological polar surface area (TPSA) is 51.0 Å². The van der Waals surface area contributed by atoms with E-state index in [4.69, 9.17) is 23.2 Å². The van der Waals surface area contributed by atoms with E-state index in [1.807, 2.05) is 4.90 Å². The Morgan fingerprint density at radius 1 is 1.29 bits per heavy atom. The number of hydrogen-bond donors (Lipinski definition) is 0. The summed E-state index contributed by atoms with van der Waals surface area (Å²) in [6.45, 7) is 1.90. The Morgan fingerprint density at radius 2 is 2.05 bits per heavy atom. The maximum Gasteiger partial charge on any atom is 0.242 e. The molecule has 0 aromatic carbocycles. The molecule has 21 heavy (non-hydrogen) atoms. The number of hydrogen-bond acceptors (Lipinski definition) is 3. The second-order valence-electron chi connectivity index (χ2n) is 5.19. The molecule has 0 unspecified atom stereocenters. The molecular weight excluding hydrogens is 311 g/mol. The Kier molecular flexibility index (Phi) is 4.31.